The number of fused-ring (bicyclic) bond motifs is 1. The first kappa shape index (κ1) is 17.3. The molecule has 4 rings (SSSR count). The van der Waals surface area contributed by atoms with Crippen molar-refractivity contribution in [1.82, 2.24) is 23.5 Å². The molecule has 0 aromatic carbocycles. The minimum Gasteiger partial charge on any atom is -0.284 e. The van der Waals surface area contributed by atoms with Crippen LogP contribution in [0.4, 0.5) is 0 Å². The second-order valence-electron chi connectivity index (χ2n) is 5.98. The Bertz CT molecular complexity index is 979. The van der Waals surface area contributed by atoms with E-state index in [4.69, 9.17) is 0 Å². The van der Waals surface area contributed by atoms with Crippen molar-refractivity contribution in [3.05, 3.63) is 42.6 Å². The Labute approximate surface area is 162 Å². The highest BCUT2D eigenvalue weighted by molar-refractivity contribution is 14.2. The molecule has 0 atom stereocenters. The third-order valence-corrected chi connectivity index (χ3v) is 8.27. The van der Waals surface area contributed by atoms with Crippen LogP contribution in [0.2, 0.25) is 0 Å². The lowest BCUT2D eigenvalue weighted by Gasteiger charge is -2.30. The Balaban J connectivity index is 1.57. The predicted octanol–water partition coefficient (Wildman–Crippen LogP) is 3.17. The maximum Gasteiger partial charge on any atom is 0.246 e. The fraction of sp³-hybridized carbons (Fsp3) is 0.333. The largest absolute Gasteiger partial charge is 0.284 e. The number of sulfonamides is 1. The zero-order valence-corrected chi connectivity index (χ0v) is 17.0. The Morgan fingerprint density at radius 2 is 2.08 bits per heavy atom. The summed E-state index contributed by atoms with van der Waals surface area (Å²) in [5.41, 5.74) is 2.38. The molecule has 0 aliphatic carbocycles. The third-order valence-electron chi connectivity index (χ3n) is 4.68. The van der Waals surface area contributed by atoms with Crippen LogP contribution in [-0.4, -0.2) is 45.0 Å². The van der Waals surface area contributed by atoms with E-state index in [1.165, 1.54) is 23.3 Å². The molecule has 1 N–H and O–H groups in total. The van der Waals surface area contributed by atoms with Gasteiger partial charge in [0.15, 0.2) is 0 Å². The summed E-state index contributed by atoms with van der Waals surface area (Å²) >= 11 is 2.26. The molecule has 0 amide bonds. The van der Waals surface area contributed by atoms with Gasteiger partial charge in [-0.2, -0.15) is 9.40 Å². The van der Waals surface area contributed by atoms with Gasteiger partial charge in [0, 0.05) is 67.4 Å². The van der Waals surface area contributed by atoms with E-state index in [-0.39, 0.29) is 4.90 Å². The molecule has 1 aliphatic rings. The third kappa shape index (κ3) is 3.09. The fourth-order valence-electron chi connectivity index (χ4n) is 3.39. The number of halogens is 1. The van der Waals surface area contributed by atoms with Gasteiger partial charge in [-0.25, -0.2) is 8.42 Å². The van der Waals surface area contributed by atoms with Gasteiger partial charge in [-0.1, -0.05) is 0 Å². The first-order valence-corrected chi connectivity index (χ1v) is 12.6. The van der Waals surface area contributed by atoms with Gasteiger partial charge < -0.3 is 0 Å². The standard InChI is InChI=1S/C15H16IN5O2S2/c16-24-21-10-14(13-1-4-17-9-15(13)21)11-2-5-20(6-3-11)25(22,23)12-7-18-19-8-12/h1,4,7-11H,2-3,5-6H2,(H,18,19). The van der Waals surface area contributed by atoms with Crippen LogP contribution in [-0.2, 0) is 10.0 Å². The molecule has 10 heteroatoms. The molecule has 7 nitrogen and oxygen atoms in total. The molecule has 0 unspecified atom stereocenters. The highest BCUT2D eigenvalue weighted by Gasteiger charge is 2.31. The van der Waals surface area contributed by atoms with E-state index in [1.807, 2.05) is 18.5 Å². The highest BCUT2D eigenvalue weighted by atomic mass is 127. The summed E-state index contributed by atoms with van der Waals surface area (Å²) in [6.45, 7) is 1.04. The van der Waals surface area contributed by atoms with Crippen LogP contribution >= 0.6 is 30.3 Å². The maximum atomic E-state index is 12.6. The SMILES string of the molecule is O=S(=O)(c1cn[nH]c1)N1CCC(c2cn(SI)c3cnccc23)CC1. The molecule has 0 radical (unpaired) electrons. The fourth-order valence-corrected chi connectivity index (χ4v) is 6.12. The van der Waals surface area contributed by atoms with E-state index >= 15 is 0 Å². The number of hydrogen-bond acceptors (Lipinski definition) is 5. The van der Waals surface area contributed by atoms with Gasteiger partial charge in [0.1, 0.15) is 4.90 Å². The molecule has 4 heterocycles. The van der Waals surface area contributed by atoms with Gasteiger partial charge in [0.2, 0.25) is 10.0 Å². The molecule has 3 aromatic heterocycles. The van der Waals surface area contributed by atoms with Crippen LogP contribution in [0.1, 0.15) is 24.3 Å². The maximum absolute atomic E-state index is 12.6. The topological polar surface area (TPSA) is 83.9 Å². The summed E-state index contributed by atoms with van der Waals surface area (Å²) in [5.74, 6) is 0.352. The van der Waals surface area contributed by atoms with Gasteiger partial charge >= 0.3 is 0 Å². The van der Waals surface area contributed by atoms with Gasteiger partial charge in [0.25, 0.3) is 0 Å². The summed E-state index contributed by atoms with van der Waals surface area (Å²) in [5, 5.41) is 7.52. The first-order valence-electron chi connectivity index (χ1n) is 7.84. The van der Waals surface area contributed by atoms with Gasteiger partial charge in [-0.3, -0.25) is 14.1 Å². The van der Waals surface area contributed by atoms with Crippen LogP contribution in [0, 0.1) is 0 Å². The minimum atomic E-state index is -3.45. The second kappa shape index (κ2) is 6.89. The number of nitrogens with one attached hydrogen (secondary N) is 1. The number of pyridine rings is 1. The highest BCUT2D eigenvalue weighted by Crippen LogP contribution is 2.37. The lowest BCUT2D eigenvalue weighted by molar-refractivity contribution is 0.320. The van der Waals surface area contributed by atoms with Crippen molar-refractivity contribution >= 4 is 51.3 Å². The number of aromatic amines is 1. The molecule has 0 bridgehead atoms. The van der Waals surface area contributed by atoms with Gasteiger partial charge in [-0.15, -0.1) is 0 Å². The van der Waals surface area contributed by atoms with E-state index in [1.54, 1.807) is 13.4 Å². The zero-order chi connectivity index (χ0) is 17.4. The number of piperidine rings is 1. The van der Waals surface area contributed by atoms with Crippen molar-refractivity contribution in [3.63, 3.8) is 0 Å². The molecular formula is C15H16IN5O2S2. The van der Waals surface area contributed by atoms with Crippen molar-refractivity contribution in [3.8, 4) is 0 Å². The second-order valence-corrected chi connectivity index (χ2v) is 9.64. The number of nitrogens with zero attached hydrogens (tertiary/aromatic N) is 4. The molecule has 132 valence electrons. The molecule has 3 aromatic rings. The lowest BCUT2D eigenvalue weighted by atomic mass is 9.90. The number of H-pyrrole nitrogens is 1. The van der Waals surface area contributed by atoms with E-state index in [0.29, 0.717) is 19.0 Å². The van der Waals surface area contributed by atoms with E-state index < -0.39 is 10.0 Å². The Hall–Kier alpha value is -1.11. The Morgan fingerprint density at radius 1 is 1.28 bits per heavy atom. The van der Waals surface area contributed by atoms with Crippen LogP contribution in [0.3, 0.4) is 0 Å². The van der Waals surface area contributed by atoms with E-state index in [0.717, 1.165) is 18.4 Å². The summed E-state index contributed by atoms with van der Waals surface area (Å²) in [4.78, 5) is 4.45. The molecular weight excluding hydrogens is 473 g/mol. The van der Waals surface area contributed by atoms with Gasteiger partial charge in [-0.05, 0) is 30.4 Å². The predicted molar refractivity (Wildman–Crippen MR) is 106 cm³/mol. The van der Waals surface area contributed by atoms with E-state index in [9.17, 15) is 8.42 Å². The van der Waals surface area contributed by atoms with Crippen molar-refractivity contribution in [2.45, 2.75) is 23.7 Å². The molecule has 25 heavy (non-hydrogen) atoms. The summed E-state index contributed by atoms with van der Waals surface area (Å²) in [7, 11) is -1.83. The average molecular weight is 489 g/mol. The van der Waals surface area contributed by atoms with Crippen molar-refractivity contribution in [2.24, 2.45) is 0 Å². The summed E-state index contributed by atoms with van der Waals surface area (Å²) < 4.78 is 28.9. The Morgan fingerprint density at radius 3 is 2.76 bits per heavy atom. The number of aromatic nitrogens is 4. The molecule has 1 fully saturated rings. The van der Waals surface area contributed by atoms with Crippen LogP contribution in [0.5, 0.6) is 0 Å². The number of hydrogen-bond donors (Lipinski definition) is 1. The van der Waals surface area contributed by atoms with Crippen LogP contribution < -0.4 is 0 Å². The van der Waals surface area contributed by atoms with Gasteiger partial charge in [0.05, 0.1) is 17.9 Å². The minimum absolute atomic E-state index is 0.231. The smallest absolute Gasteiger partial charge is 0.246 e. The summed E-state index contributed by atoms with van der Waals surface area (Å²) in [6, 6.07) is 2.04. The zero-order valence-electron chi connectivity index (χ0n) is 13.2. The quantitative estimate of drug-likeness (QED) is 0.570. The average Bonchev–Trinajstić information content (AvgIpc) is 3.30. The van der Waals surface area contributed by atoms with Crippen LogP contribution in [0.15, 0.2) is 41.9 Å². The number of rotatable bonds is 4. The molecule has 0 spiro atoms. The summed E-state index contributed by atoms with van der Waals surface area (Å²) in [6.07, 6.45) is 10.3. The Kier molecular flexibility index (Phi) is 4.77. The molecule has 0 saturated carbocycles. The van der Waals surface area contributed by atoms with Crippen molar-refractivity contribution in [1.29, 1.82) is 0 Å². The van der Waals surface area contributed by atoms with Crippen LogP contribution in [0.25, 0.3) is 10.9 Å². The molecule has 1 aliphatic heterocycles. The van der Waals surface area contributed by atoms with E-state index in [2.05, 4.69) is 46.6 Å². The monoisotopic (exact) mass is 489 g/mol. The van der Waals surface area contributed by atoms with Crippen molar-refractivity contribution in [2.75, 3.05) is 13.1 Å². The lowest BCUT2D eigenvalue weighted by Crippen LogP contribution is -2.37. The molecule has 1 saturated heterocycles. The first-order chi connectivity index (χ1) is 12.1. The van der Waals surface area contributed by atoms with Crippen molar-refractivity contribution < 1.29 is 8.42 Å². The normalized spacial score (nSPS) is 17.3.